The fraction of sp³-hybridized carbons (Fsp3) is 0.333. The van der Waals surface area contributed by atoms with E-state index < -0.39 is 0 Å². The lowest BCUT2D eigenvalue weighted by Gasteiger charge is -2.10. The van der Waals surface area contributed by atoms with Crippen molar-refractivity contribution < 1.29 is 19.4 Å². The number of carbonyl (C=O) groups is 2. The van der Waals surface area contributed by atoms with Crippen LogP contribution in [-0.4, -0.2) is 47.4 Å². The quantitative estimate of drug-likeness (QED) is 0.121. The van der Waals surface area contributed by atoms with Gasteiger partial charge >= 0.3 is 0 Å². The number of hydrogen-bond acceptors (Lipinski definition) is 9. The van der Waals surface area contributed by atoms with Gasteiger partial charge in [0, 0.05) is 32.2 Å². The van der Waals surface area contributed by atoms with Crippen molar-refractivity contribution in [1.82, 2.24) is 20.8 Å². The minimum atomic E-state index is -0.169. The molecule has 6 N–H and O–H groups in total. The molecule has 1 heterocycles. The van der Waals surface area contributed by atoms with E-state index in [0.717, 1.165) is 35.4 Å². The molecule has 0 saturated heterocycles. The van der Waals surface area contributed by atoms with Crippen LogP contribution < -0.4 is 26.4 Å². The lowest BCUT2D eigenvalue weighted by Crippen LogP contribution is -2.30. The molecule has 10 nitrogen and oxygen atoms in total. The highest BCUT2D eigenvalue weighted by Crippen LogP contribution is 2.18. The van der Waals surface area contributed by atoms with Gasteiger partial charge in [0.25, 0.3) is 0 Å². The average Bonchev–Trinajstić information content (AvgIpc) is 3.41. The van der Waals surface area contributed by atoms with Gasteiger partial charge in [-0.15, -0.1) is 10.2 Å². The number of aliphatic hydroxyl groups is 1. The average molecular weight is 579 g/mol. The van der Waals surface area contributed by atoms with Crippen LogP contribution in [0.3, 0.4) is 0 Å². The number of carbonyl (C=O) groups excluding carboxylic acids is 2. The Morgan fingerprint density at radius 2 is 1.76 bits per heavy atom. The van der Waals surface area contributed by atoms with Crippen molar-refractivity contribution in [3.63, 3.8) is 0 Å². The number of allylic oxidation sites excluding steroid dienone is 3. The Bertz CT molecular complexity index is 1310. The van der Waals surface area contributed by atoms with Gasteiger partial charge in [0.05, 0.1) is 19.4 Å². The number of ether oxygens (including phenoxy) is 1. The van der Waals surface area contributed by atoms with Crippen molar-refractivity contribution in [2.45, 2.75) is 44.9 Å². The van der Waals surface area contributed by atoms with Crippen LogP contribution in [0.4, 0.5) is 5.13 Å². The predicted molar refractivity (Wildman–Crippen MR) is 161 cm³/mol. The Labute approximate surface area is 244 Å². The first kappa shape index (κ1) is 31.3. The molecule has 0 spiro atoms. The van der Waals surface area contributed by atoms with Crippen molar-refractivity contribution in [3.8, 4) is 5.75 Å². The lowest BCUT2D eigenvalue weighted by atomic mass is 10.1. The summed E-state index contributed by atoms with van der Waals surface area (Å²) in [7, 11) is 1.73. The number of anilines is 1. The number of aryl methyl sites for hydroxylation is 1. The summed E-state index contributed by atoms with van der Waals surface area (Å²) in [5.41, 5.74) is 8.65. The number of amides is 2. The minimum absolute atomic E-state index is 0.0729. The number of unbranched alkanes of at least 4 members (excludes halogenated alkanes) is 1. The van der Waals surface area contributed by atoms with Crippen molar-refractivity contribution in [2.24, 2.45) is 5.73 Å². The van der Waals surface area contributed by atoms with Crippen LogP contribution in [-0.2, 0) is 28.9 Å². The van der Waals surface area contributed by atoms with Crippen molar-refractivity contribution in [2.75, 3.05) is 25.6 Å². The molecule has 3 aromatic rings. The van der Waals surface area contributed by atoms with Crippen LogP contribution >= 0.6 is 11.3 Å². The van der Waals surface area contributed by atoms with Crippen molar-refractivity contribution in [3.05, 3.63) is 94.4 Å². The second kappa shape index (κ2) is 17.5. The zero-order valence-corrected chi connectivity index (χ0v) is 24.1. The molecular formula is C30H38N6O4S. The Balaban J connectivity index is 1.37. The topological polar surface area (TPSA) is 151 Å². The molecule has 11 heteroatoms. The lowest BCUT2D eigenvalue weighted by molar-refractivity contribution is -0.120. The molecule has 0 atom stereocenters. The largest absolute Gasteiger partial charge is 0.493 e. The Morgan fingerprint density at radius 3 is 2.54 bits per heavy atom. The molecule has 218 valence electrons. The first-order chi connectivity index (χ1) is 19.9. The van der Waals surface area contributed by atoms with E-state index in [1.807, 2.05) is 54.6 Å². The number of nitrogens with two attached hydrogens (primary N) is 1. The maximum Gasteiger partial charge on any atom is 0.230 e. The molecule has 3 rings (SSSR count). The number of nitrogens with one attached hydrogen (secondary N) is 3. The third kappa shape index (κ3) is 12.2. The van der Waals surface area contributed by atoms with Crippen molar-refractivity contribution in [1.29, 1.82) is 0 Å². The Kier molecular flexibility index (Phi) is 13.3. The predicted octanol–water partition coefficient (Wildman–Crippen LogP) is 3.46. The van der Waals surface area contributed by atoms with Gasteiger partial charge in [0.1, 0.15) is 16.6 Å². The number of nitrogens with zero attached hydrogens (tertiary/aromatic N) is 2. The summed E-state index contributed by atoms with van der Waals surface area (Å²) in [6.07, 6.45) is 7.77. The summed E-state index contributed by atoms with van der Waals surface area (Å²) in [5.74, 6) is 0.930. The summed E-state index contributed by atoms with van der Waals surface area (Å²) in [6, 6.07) is 16.9. The summed E-state index contributed by atoms with van der Waals surface area (Å²) in [5, 5.41) is 27.1. The molecule has 0 bridgehead atoms. The molecule has 0 fully saturated rings. The van der Waals surface area contributed by atoms with Gasteiger partial charge in [-0.2, -0.15) is 0 Å². The highest BCUT2D eigenvalue weighted by Gasteiger charge is 2.09. The van der Waals surface area contributed by atoms with Gasteiger partial charge in [-0.05, 0) is 54.7 Å². The van der Waals surface area contributed by atoms with Crippen LogP contribution in [0.5, 0.6) is 5.75 Å². The zero-order valence-electron chi connectivity index (χ0n) is 23.3. The fourth-order valence-electron chi connectivity index (χ4n) is 3.80. The molecule has 41 heavy (non-hydrogen) atoms. The molecule has 0 aliphatic rings. The maximum atomic E-state index is 12.5. The number of rotatable bonds is 17. The SMILES string of the molecule is CN/C(=C\C=C(/N)CCCCc1nnc(NC(=O)Cc2ccccc2)s1)NC(=O)Cc1cccc(OCCCO)c1. The van der Waals surface area contributed by atoms with Gasteiger partial charge in [-0.3, -0.25) is 9.59 Å². The molecule has 1 aromatic heterocycles. The van der Waals surface area contributed by atoms with E-state index in [1.165, 1.54) is 11.3 Å². The van der Waals surface area contributed by atoms with E-state index in [1.54, 1.807) is 19.2 Å². The summed E-state index contributed by atoms with van der Waals surface area (Å²) < 4.78 is 5.58. The summed E-state index contributed by atoms with van der Waals surface area (Å²) in [4.78, 5) is 24.8. The normalized spacial score (nSPS) is 11.7. The second-order valence-electron chi connectivity index (χ2n) is 9.29. The Morgan fingerprint density at radius 1 is 0.976 bits per heavy atom. The second-order valence-corrected chi connectivity index (χ2v) is 10.4. The highest BCUT2D eigenvalue weighted by molar-refractivity contribution is 7.15. The molecule has 0 radical (unpaired) electrons. The molecule has 2 aromatic carbocycles. The molecule has 2 amide bonds. The van der Waals surface area contributed by atoms with Crippen LogP contribution in [0.25, 0.3) is 0 Å². The highest BCUT2D eigenvalue weighted by atomic mass is 32.1. The van der Waals surface area contributed by atoms with Gasteiger partial charge in [-0.25, -0.2) is 0 Å². The van der Waals surface area contributed by atoms with E-state index in [4.69, 9.17) is 15.6 Å². The summed E-state index contributed by atoms with van der Waals surface area (Å²) in [6.45, 7) is 0.494. The van der Waals surface area contributed by atoms with Crippen LogP contribution in [0.2, 0.25) is 0 Å². The van der Waals surface area contributed by atoms with E-state index >= 15 is 0 Å². The van der Waals surface area contributed by atoms with Gasteiger partial charge in [0.2, 0.25) is 16.9 Å². The third-order valence-electron chi connectivity index (χ3n) is 5.87. The van der Waals surface area contributed by atoms with Crippen LogP contribution in [0.1, 0.15) is 41.8 Å². The standard InChI is InChI=1S/C30H38N6O4S/c1-32-26(33-27(38)21-23-11-7-13-25(19-23)40-18-8-17-37)16-15-24(31)12-5-6-14-29-35-36-30(41-29)34-28(39)20-22-9-3-2-4-10-22/h2-4,7,9-11,13,15-16,19,32,37H,5-6,8,12,14,17-18,20-21,31H2,1H3,(H,33,38)(H,34,36,39)/b24-15-,26-16+. The monoisotopic (exact) mass is 578 g/mol. The smallest absolute Gasteiger partial charge is 0.230 e. The fourth-order valence-corrected chi connectivity index (χ4v) is 4.59. The number of hydrogen-bond donors (Lipinski definition) is 5. The van der Waals surface area contributed by atoms with Gasteiger partial charge < -0.3 is 31.5 Å². The number of aliphatic hydroxyl groups excluding tert-OH is 1. The molecule has 0 aliphatic heterocycles. The Hall–Kier alpha value is -4.22. The number of benzene rings is 2. The van der Waals surface area contributed by atoms with Crippen molar-refractivity contribution >= 4 is 28.3 Å². The number of aromatic nitrogens is 2. The van der Waals surface area contributed by atoms with Gasteiger partial charge in [0.15, 0.2) is 0 Å². The molecule has 0 aliphatic carbocycles. The third-order valence-corrected chi connectivity index (χ3v) is 6.77. The van der Waals surface area contributed by atoms with E-state index in [2.05, 4.69) is 26.1 Å². The molecular weight excluding hydrogens is 540 g/mol. The maximum absolute atomic E-state index is 12.5. The zero-order chi connectivity index (χ0) is 29.3. The first-order valence-corrected chi connectivity index (χ1v) is 14.4. The van der Waals surface area contributed by atoms with E-state index in [0.29, 0.717) is 48.3 Å². The first-order valence-electron chi connectivity index (χ1n) is 13.6. The molecule has 0 saturated carbocycles. The van der Waals surface area contributed by atoms with Gasteiger partial charge in [-0.1, -0.05) is 53.8 Å². The van der Waals surface area contributed by atoms with Crippen LogP contribution in [0, 0.1) is 0 Å². The summed E-state index contributed by atoms with van der Waals surface area (Å²) >= 11 is 1.38. The molecule has 0 unspecified atom stereocenters. The van der Waals surface area contributed by atoms with Crippen LogP contribution in [0.15, 0.2) is 78.3 Å². The van der Waals surface area contributed by atoms with E-state index in [9.17, 15) is 9.59 Å². The van der Waals surface area contributed by atoms with E-state index in [-0.39, 0.29) is 24.8 Å². The minimum Gasteiger partial charge on any atom is -0.493 e.